The molecule has 2 unspecified atom stereocenters. The number of ether oxygens (including phenoxy) is 1. The fourth-order valence-corrected chi connectivity index (χ4v) is 5.81. The number of hydrogen-bond acceptors (Lipinski definition) is 4. The lowest BCUT2D eigenvalue weighted by Crippen LogP contribution is -2.32. The van der Waals surface area contributed by atoms with E-state index in [1.807, 2.05) is 55.5 Å². The van der Waals surface area contributed by atoms with Crippen molar-refractivity contribution in [1.82, 2.24) is 0 Å². The molecule has 0 radical (unpaired) electrons. The number of carbonyl (C=O) groups excluding carboxylic acids is 1. The van der Waals surface area contributed by atoms with Crippen molar-refractivity contribution in [3.63, 3.8) is 0 Å². The van der Waals surface area contributed by atoms with Crippen LogP contribution in [0.4, 0.5) is 11.4 Å². The van der Waals surface area contributed by atoms with Crippen molar-refractivity contribution in [3.05, 3.63) is 83.9 Å². The van der Waals surface area contributed by atoms with Crippen LogP contribution in [0.25, 0.3) is 0 Å². The van der Waals surface area contributed by atoms with Gasteiger partial charge in [-0.1, -0.05) is 57.2 Å². The van der Waals surface area contributed by atoms with E-state index < -0.39 is 16.1 Å². The molecule has 0 saturated heterocycles. The molecule has 0 bridgehead atoms. The van der Waals surface area contributed by atoms with Gasteiger partial charge in [-0.05, 0) is 72.7 Å². The number of anilines is 2. The smallest absolute Gasteiger partial charge is 0.265 e. The van der Waals surface area contributed by atoms with E-state index in [0.717, 1.165) is 29.0 Å². The number of hydrogen-bond donors (Lipinski definition) is 1. The van der Waals surface area contributed by atoms with Gasteiger partial charge in [0.2, 0.25) is 0 Å². The molecule has 0 aromatic heterocycles. The number of nitrogens with zero attached hydrogens (tertiary/aromatic N) is 1. The van der Waals surface area contributed by atoms with Gasteiger partial charge in [0.05, 0.1) is 10.6 Å². The second kappa shape index (κ2) is 10.5. The number of para-hydroxylation sites is 2. The Bertz CT molecular complexity index is 1290. The zero-order chi connectivity index (χ0) is 25.0. The van der Waals surface area contributed by atoms with E-state index in [1.54, 1.807) is 12.1 Å². The van der Waals surface area contributed by atoms with E-state index in [-0.39, 0.29) is 10.8 Å². The molecule has 4 rings (SSSR count). The molecule has 184 valence electrons. The predicted octanol–water partition coefficient (Wildman–Crippen LogP) is 5.75. The van der Waals surface area contributed by atoms with Gasteiger partial charge in [-0.2, -0.15) is 0 Å². The van der Waals surface area contributed by atoms with E-state index in [0.29, 0.717) is 31.0 Å². The monoisotopic (exact) mass is 492 g/mol. The zero-order valence-corrected chi connectivity index (χ0v) is 21.2. The standard InChI is InChI=1S/C28H32N2O4S/c1-4-20(3)24-11-7-9-13-27(24)34-26(5-2)28(31)29-22-14-16-23(17-15-22)35(32,33)30-19-18-21-10-6-8-12-25(21)30/h6-17,20,26H,4-5,18-19H2,1-3H3,(H,29,31). The van der Waals surface area contributed by atoms with Crippen molar-refractivity contribution < 1.29 is 17.9 Å². The van der Waals surface area contributed by atoms with Crippen molar-refractivity contribution in [2.45, 2.75) is 57.0 Å². The van der Waals surface area contributed by atoms with Crippen LogP contribution in [-0.2, 0) is 21.2 Å². The van der Waals surface area contributed by atoms with Crippen molar-refractivity contribution in [2.24, 2.45) is 0 Å². The average molecular weight is 493 g/mol. The summed E-state index contributed by atoms with van der Waals surface area (Å²) in [6, 6.07) is 21.7. The van der Waals surface area contributed by atoms with E-state index >= 15 is 0 Å². The summed E-state index contributed by atoms with van der Waals surface area (Å²) in [5.41, 5.74) is 3.36. The Morgan fingerprint density at radius 2 is 1.66 bits per heavy atom. The molecule has 0 spiro atoms. The highest BCUT2D eigenvalue weighted by atomic mass is 32.2. The molecule has 1 aliphatic rings. The largest absolute Gasteiger partial charge is 0.480 e. The molecule has 3 aromatic rings. The molecule has 0 aliphatic carbocycles. The maximum atomic E-state index is 13.2. The molecule has 0 fully saturated rings. The lowest BCUT2D eigenvalue weighted by molar-refractivity contribution is -0.122. The Balaban J connectivity index is 1.46. The Morgan fingerprint density at radius 3 is 2.37 bits per heavy atom. The molecule has 35 heavy (non-hydrogen) atoms. The first kappa shape index (κ1) is 24.8. The molecule has 1 aliphatic heterocycles. The Hall–Kier alpha value is -3.32. The van der Waals surface area contributed by atoms with Gasteiger partial charge in [0.15, 0.2) is 6.10 Å². The van der Waals surface area contributed by atoms with Crippen molar-refractivity contribution >= 4 is 27.3 Å². The highest BCUT2D eigenvalue weighted by Crippen LogP contribution is 2.33. The number of carbonyl (C=O) groups is 1. The lowest BCUT2D eigenvalue weighted by atomic mass is 9.98. The molecule has 7 heteroatoms. The van der Waals surface area contributed by atoms with Gasteiger partial charge in [-0.15, -0.1) is 0 Å². The zero-order valence-electron chi connectivity index (χ0n) is 20.4. The minimum Gasteiger partial charge on any atom is -0.480 e. The van der Waals surface area contributed by atoms with E-state index in [4.69, 9.17) is 4.74 Å². The third-order valence-electron chi connectivity index (χ3n) is 6.55. The fraction of sp³-hybridized carbons (Fsp3) is 0.321. The summed E-state index contributed by atoms with van der Waals surface area (Å²) in [6.45, 7) is 6.59. The average Bonchev–Trinajstić information content (AvgIpc) is 3.32. The summed E-state index contributed by atoms with van der Waals surface area (Å²) < 4.78 is 34.0. The molecule has 1 amide bonds. The summed E-state index contributed by atoms with van der Waals surface area (Å²) >= 11 is 0. The summed E-state index contributed by atoms with van der Waals surface area (Å²) in [4.78, 5) is 13.2. The van der Waals surface area contributed by atoms with Crippen LogP contribution in [-0.4, -0.2) is 27.0 Å². The topological polar surface area (TPSA) is 75.7 Å². The van der Waals surface area contributed by atoms with E-state index in [9.17, 15) is 13.2 Å². The number of sulfonamides is 1. The number of nitrogens with one attached hydrogen (secondary N) is 1. The van der Waals surface area contributed by atoms with Crippen LogP contribution in [0, 0.1) is 0 Å². The van der Waals surface area contributed by atoms with Gasteiger partial charge < -0.3 is 10.1 Å². The molecule has 2 atom stereocenters. The maximum absolute atomic E-state index is 13.2. The van der Waals surface area contributed by atoms with Crippen LogP contribution in [0.2, 0.25) is 0 Å². The van der Waals surface area contributed by atoms with Crippen molar-refractivity contribution in [3.8, 4) is 5.75 Å². The van der Waals surface area contributed by atoms with Crippen LogP contribution >= 0.6 is 0 Å². The first-order valence-electron chi connectivity index (χ1n) is 12.1. The summed E-state index contributed by atoms with van der Waals surface area (Å²) in [7, 11) is -3.68. The number of benzene rings is 3. The summed E-state index contributed by atoms with van der Waals surface area (Å²) in [5, 5.41) is 2.87. The Morgan fingerprint density at radius 1 is 0.971 bits per heavy atom. The van der Waals surface area contributed by atoms with Gasteiger partial charge in [0.25, 0.3) is 15.9 Å². The minimum absolute atomic E-state index is 0.193. The normalized spacial score (nSPS) is 14.8. The number of amides is 1. The quantitative estimate of drug-likeness (QED) is 0.413. The van der Waals surface area contributed by atoms with Gasteiger partial charge >= 0.3 is 0 Å². The van der Waals surface area contributed by atoms with Gasteiger partial charge in [-0.3, -0.25) is 9.10 Å². The van der Waals surface area contributed by atoms with Gasteiger partial charge in [0.1, 0.15) is 5.75 Å². The maximum Gasteiger partial charge on any atom is 0.265 e. The van der Waals surface area contributed by atoms with Crippen LogP contribution in [0.3, 0.4) is 0 Å². The van der Waals surface area contributed by atoms with Crippen LogP contribution in [0.1, 0.15) is 50.7 Å². The van der Waals surface area contributed by atoms with Gasteiger partial charge in [-0.25, -0.2) is 8.42 Å². The third kappa shape index (κ3) is 5.20. The number of rotatable bonds is 9. The highest BCUT2D eigenvalue weighted by Gasteiger charge is 2.30. The van der Waals surface area contributed by atoms with E-state index in [2.05, 4.69) is 19.2 Å². The molecule has 1 N–H and O–H groups in total. The molecule has 0 saturated carbocycles. The highest BCUT2D eigenvalue weighted by molar-refractivity contribution is 7.92. The molecular formula is C28H32N2O4S. The molecular weight excluding hydrogens is 460 g/mol. The van der Waals surface area contributed by atoms with Gasteiger partial charge in [0, 0.05) is 12.2 Å². The molecule has 1 heterocycles. The number of fused-ring (bicyclic) bond motifs is 1. The van der Waals surface area contributed by atoms with E-state index in [1.165, 1.54) is 16.4 Å². The van der Waals surface area contributed by atoms with Crippen molar-refractivity contribution in [1.29, 1.82) is 0 Å². The lowest BCUT2D eigenvalue weighted by Gasteiger charge is -2.22. The Labute approximate surface area is 208 Å². The minimum atomic E-state index is -3.68. The summed E-state index contributed by atoms with van der Waals surface area (Å²) in [6.07, 6.45) is 1.51. The predicted molar refractivity (Wildman–Crippen MR) is 140 cm³/mol. The third-order valence-corrected chi connectivity index (χ3v) is 8.38. The SMILES string of the molecule is CCC(Oc1ccccc1C(C)CC)C(=O)Nc1ccc(S(=O)(=O)N2CCc3ccccc32)cc1. The Kier molecular flexibility index (Phi) is 7.45. The molecule has 6 nitrogen and oxygen atoms in total. The van der Waals surface area contributed by atoms with Crippen LogP contribution in [0.15, 0.2) is 77.7 Å². The van der Waals surface area contributed by atoms with Crippen LogP contribution in [0.5, 0.6) is 5.75 Å². The molecule has 3 aromatic carbocycles. The second-order valence-electron chi connectivity index (χ2n) is 8.83. The summed E-state index contributed by atoms with van der Waals surface area (Å²) in [5.74, 6) is 0.774. The van der Waals surface area contributed by atoms with Crippen LogP contribution < -0.4 is 14.4 Å². The first-order valence-corrected chi connectivity index (χ1v) is 13.6. The second-order valence-corrected chi connectivity index (χ2v) is 10.7. The van der Waals surface area contributed by atoms with Crippen molar-refractivity contribution in [2.75, 3.05) is 16.2 Å². The first-order chi connectivity index (χ1) is 16.8. The fourth-order valence-electron chi connectivity index (χ4n) is 4.31.